The summed E-state index contributed by atoms with van der Waals surface area (Å²) in [7, 11) is -4.66. The van der Waals surface area contributed by atoms with Gasteiger partial charge in [-0.05, 0) is 30.3 Å². The van der Waals surface area contributed by atoms with E-state index in [1.165, 1.54) is 0 Å². The predicted molar refractivity (Wildman–Crippen MR) is 63.5 cm³/mol. The van der Waals surface area contributed by atoms with Crippen LogP contribution in [0, 0.1) is 23.3 Å². The summed E-state index contributed by atoms with van der Waals surface area (Å²) >= 11 is 0. The van der Waals surface area contributed by atoms with Crippen molar-refractivity contribution in [1.29, 1.82) is 0 Å². The highest BCUT2D eigenvalue weighted by Gasteiger charge is 2.23. The molecule has 2 aromatic carbocycles. The molecule has 0 aliphatic heterocycles. The minimum absolute atomic E-state index is 0.413. The van der Waals surface area contributed by atoms with Crippen LogP contribution in [-0.2, 0) is 10.0 Å². The van der Waals surface area contributed by atoms with E-state index in [4.69, 9.17) is 0 Å². The van der Waals surface area contributed by atoms with Gasteiger partial charge in [-0.2, -0.15) is 0 Å². The SMILES string of the molecule is O=S(=O)(Nc1c(F)cccc1F)c1cc(F)ccc1F. The first-order valence-corrected chi connectivity index (χ1v) is 6.71. The van der Waals surface area contributed by atoms with Crippen molar-refractivity contribution in [2.45, 2.75) is 4.90 Å². The van der Waals surface area contributed by atoms with Crippen molar-refractivity contribution in [2.24, 2.45) is 0 Å². The Kier molecular flexibility index (Phi) is 3.67. The van der Waals surface area contributed by atoms with Crippen LogP contribution in [0.15, 0.2) is 41.3 Å². The zero-order chi connectivity index (χ0) is 14.9. The Labute approximate surface area is 111 Å². The Balaban J connectivity index is 2.49. The lowest BCUT2D eigenvalue weighted by atomic mass is 10.3. The minimum atomic E-state index is -4.66. The Morgan fingerprint density at radius 2 is 1.45 bits per heavy atom. The number of halogens is 4. The summed E-state index contributed by atoms with van der Waals surface area (Å²) in [6.07, 6.45) is 0. The summed E-state index contributed by atoms with van der Waals surface area (Å²) in [5, 5.41) is 0. The molecule has 0 heterocycles. The summed E-state index contributed by atoms with van der Waals surface area (Å²) in [5.74, 6) is -4.59. The number of rotatable bonds is 3. The van der Waals surface area contributed by atoms with Gasteiger partial charge in [0.15, 0.2) is 0 Å². The molecule has 0 saturated heterocycles. The van der Waals surface area contributed by atoms with Crippen LogP contribution in [0.25, 0.3) is 0 Å². The molecule has 1 N–H and O–H groups in total. The smallest absolute Gasteiger partial charge is 0.265 e. The molecule has 2 rings (SSSR count). The normalized spacial score (nSPS) is 11.4. The third-order valence-electron chi connectivity index (χ3n) is 2.38. The summed E-state index contributed by atoms with van der Waals surface area (Å²) in [6.45, 7) is 0. The maximum Gasteiger partial charge on any atom is 0.265 e. The topological polar surface area (TPSA) is 46.2 Å². The molecule has 0 fully saturated rings. The number of hydrogen-bond donors (Lipinski definition) is 1. The Bertz CT molecular complexity index is 742. The van der Waals surface area contributed by atoms with Crippen LogP contribution in [0.1, 0.15) is 0 Å². The molecule has 8 heteroatoms. The molecule has 0 unspecified atom stereocenters. The number of para-hydroxylation sites is 1. The molecule has 0 bridgehead atoms. The van der Waals surface area contributed by atoms with Crippen LogP contribution in [0.3, 0.4) is 0 Å². The lowest BCUT2D eigenvalue weighted by Gasteiger charge is -2.10. The van der Waals surface area contributed by atoms with Gasteiger partial charge in [0.1, 0.15) is 33.9 Å². The van der Waals surface area contributed by atoms with Gasteiger partial charge in [-0.1, -0.05) is 6.07 Å². The number of benzene rings is 2. The lowest BCUT2D eigenvalue weighted by Crippen LogP contribution is -2.16. The van der Waals surface area contributed by atoms with Gasteiger partial charge in [0, 0.05) is 0 Å². The molecule has 0 spiro atoms. The summed E-state index contributed by atoms with van der Waals surface area (Å²) in [4.78, 5) is -1.04. The van der Waals surface area contributed by atoms with Gasteiger partial charge in [0.05, 0.1) is 0 Å². The van der Waals surface area contributed by atoms with Gasteiger partial charge in [-0.3, -0.25) is 4.72 Å². The van der Waals surface area contributed by atoms with E-state index in [0.29, 0.717) is 12.1 Å². The number of sulfonamides is 1. The monoisotopic (exact) mass is 305 g/mol. The predicted octanol–water partition coefficient (Wildman–Crippen LogP) is 3.04. The number of nitrogens with one attached hydrogen (secondary N) is 1. The quantitative estimate of drug-likeness (QED) is 0.886. The Morgan fingerprint density at radius 1 is 0.850 bits per heavy atom. The molecule has 106 valence electrons. The first-order chi connectivity index (χ1) is 9.31. The molecule has 0 atom stereocenters. The average molecular weight is 305 g/mol. The lowest BCUT2D eigenvalue weighted by molar-refractivity contribution is 0.553. The largest absolute Gasteiger partial charge is 0.274 e. The van der Waals surface area contributed by atoms with Gasteiger partial charge in [0.25, 0.3) is 10.0 Å². The van der Waals surface area contributed by atoms with Crippen LogP contribution in [-0.4, -0.2) is 8.42 Å². The van der Waals surface area contributed by atoms with E-state index >= 15 is 0 Å². The third kappa shape index (κ3) is 2.74. The molecule has 0 radical (unpaired) electrons. The molecule has 0 amide bonds. The van der Waals surface area contributed by atoms with Crippen molar-refractivity contribution in [1.82, 2.24) is 0 Å². The fourth-order valence-corrected chi connectivity index (χ4v) is 2.63. The van der Waals surface area contributed by atoms with Gasteiger partial charge >= 0.3 is 0 Å². The molecule has 0 saturated carbocycles. The molecular formula is C12H7F4NO2S. The van der Waals surface area contributed by atoms with Crippen molar-refractivity contribution in [3.8, 4) is 0 Å². The maximum absolute atomic E-state index is 13.4. The first-order valence-electron chi connectivity index (χ1n) is 5.23. The Hall–Kier alpha value is -2.09. The first kappa shape index (κ1) is 14.3. The van der Waals surface area contributed by atoms with Crippen LogP contribution < -0.4 is 4.72 Å². The van der Waals surface area contributed by atoms with Gasteiger partial charge in [-0.15, -0.1) is 0 Å². The second-order valence-corrected chi connectivity index (χ2v) is 5.43. The highest BCUT2D eigenvalue weighted by molar-refractivity contribution is 7.92. The molecule has 0 aliphatic carbocycles. The molecule has 0 aliphatic rings. The van der Waals surface area contributed by atoms with Gasteiger partial charge < -0.3 is 0 Å². The molecule has 20 heavy (non-hydrogen) atoms. The fraction of sp³-hybridized carbons (Fsp3) is 0. The van der Waals surface area contributed by atoms with Crippen molar-refractivity contribution >= 4 is 15.7 Å². The van der Waals surface area contributed by atoms with Gasteiger partial charge in [0.2, 0.25) is 0 Å². The summed E-state index contributed by atoms with van der Waals surface area (Å²) in [5.41, 5.74) is -0.962. The van der Waals surface area contributed by atoms with E-state index in [2.05, 4.69) is 0 Å². The molecule has 3 nitrogen and oxygen atoms in total. The van der Waals surface area contributed by atoms with E-state index in [-0.39, 0.29) is 0 Å². The van der Waals surface area contributed by atoms with Crippen molar-refractivity contribution in [3.63, 3.8) is 0 Å². The van der Waals surface area contributed by atoms with Crippen LogP contribution in [0.5, 0.6) is 0 Å². The zero-order valence-electron chi connectivity index (χ0n) is 9.70. The average Bonchev–Trinajstić information content (AvgIpc) is 2.37. The summed E-state index contributed by atoms with van der Waals surface area (Å²) in [6, 6.07) is 4.41. The highest BCUT2D eigenvalue weighted by Crippen LogP contribution is 2.24. The third-order valence-corrected chi connectivity index (χ3v) is 3.75. The van der Waals surface area contributed by atoms with E-state index in [1.54, 1.807) is 4.72 Å². The highest BCUT2D eigenvalue weighted by atomic mass is 32.2. The van der Waals surface area contributed by atoms with Crippen LogP contribution in [0.4, 0.5) is 23.2 Å². The van der Waals surface area contributed by atoms with E-state index in [1.807, 2.05) is 0 Å². The Morgan fingerprint density at radius 3 is 2.05 bits per heavy atom. The summed E-state index contributed by atoms with van der Waals surface area (Å²) < 4.78 is 78.3. The van der Waals surface area contributed by atoms with E-state index in [0.717, 1.165) is 24.3 Å². The molecule has 2 aromatic rings. The van der Waals surface area contributed by atoms with Crippen LogP contribution in [0.2, 0.25) is 0 Å². The van der Waals surface area contributed by atoms with Crippen molar-refractivity contribution in [2.75, 3.05) is 4.72 Å². The maximum atomic E-state index is 13.4. The second-order valence-electron chi connectivity index (χ2n) is 3.78. The van der Waals surface area contributed by atoms with Crippen molar-refractivity contribution < 1.29 is 26.0 Å². The molecule has 0 aromatic heterocycles. The number of anilines is 1. The van der Waals surface area contributed by atoms with Crippen molar-refractivity contribution in [3.05, 3.63) is 59.7 Å². The van der Waals surface area contributed by atoms with E-state index < -0.39 is 43.9 Å². The second kappa shape index (κ2) is 5.12. The number of hydrogen-bond acceptors (Lipinski definition) is 2. The van der Waals surface area contributed by atoms with Gasteiger partial charge in [-0.25, -0.2) is 26.0 Å². The van der Waals surface area contributed by atoms with E-state index in [9.17, 15) is 26.0 Å². The van der Waals surface area contributed by atoms with Crippen LogP contribution >= 0.6 is 0 Å². The molecular weight excluding hydrogens is 298 g/mol. The zero-order valence-corrected chi connectivity index (χ0v) is 10.5. The standard InChI is InChI=1S/C12H7F4NO2S/c13-7-4-5-8(14)11(6-7)20(18,19)17-12-9(15)2-1-3-10(12)16/h1-6,17H. The minimum Gasteiger partial charge on any atom is -0.274 e. The fourth-order valence-electron chi connectivity index (χ4n) is 1.47.